The molecule has 4 rings (SSSR count). The van der Waals surface area contributed by atoms with E-state index in [2.05, 4.69) is 10.2 Å². The van der Waals surface area contributed by atoms with Crippen LogP contribution in [0.5, 0.6) is 11.5 Å². The summed E-state index contributed by atoms with van der Waals surface area (Å²) in [5.41, 5.74) is 1.74. The molecule has 0 saturated heterocycles. The molecule has 1 aliphatic rings. The number of benzene rings is 2. The summed E-state index contributed by atoms with van der Waals surface area (Å²) in [6.45, 7) is 3.42. The number of nitrogens with one attached hydrogen (secondary N) is 1. The van der Waals surface area contributed by atoms with Crippen molar-refractivity contribution in [2.24, 2.45) is 0 Å². The molecule has 0 fully saturated rings. The van der Waals surface area contributed by atoms with Crippen LogP contribution >= 0.6 is 0 Å². The highest BCUT2D eigenvalue weighted by Gasteiger charge is 2.30. The molecule has 0 radical (unpaired) electrons. The molecule has 0 spiro atoms. The van der Waals surface area contributed by atoms with Gasteiger partial charge in [-0.2, -0.15) is 0 Å². The lowest BCUT2D eigenvalue weighted by Crippen LogP contribution is -2.49. The number of hydrogen-bond acceptors (Lipinski definition) is 6. The average Bonchev–Trinajstić information content (AvgIpc) is 2.76. The number of rotatable bonds is 6. The second-order valence-corrected chi connectivity index (χ2v) is 7.20. The molecule has 3 aromatic rings. The quantitative estimate of drug-likeness (QED) is 0.632. The van der Waals surface area contributed by atoms with Crippen LogP contribution in [0.3, 0.4) is 0 Å². The van der Waals surface area contributed by atoms with Gasteiger partial charge in [-0.1, -0.05) is 19.1 Å². The van der Waals surface area contributed by atoms with E-state index in [-0.39, 0.29) is 5.91 Å². The zero-order chi connectivity index (χ0) is 21.1. The van der Waals surface area contributed by atoms with Gasteiger partial charge in [-0.3, -0.25) is 4.79 Å². The molecular formula is C23H24N2O5. The van der Waals surface area contributed by atoms with Crippen LogP contribution in [-0.2, 0) is 11.3 Å². The first-order valence-electron chi connectivity index (χ1n) is 9.98. The molecule has 7 heteroatoms. The number of ether oxygens (including phenoxy) is 2. The second kappa shape index (κ2) is 8.49. The van der Waals surface area contributed by atoms with Gasteiger partial charge in [0, 0.05) is 30.6 Å². The SMILES string of the molecule is CCCNC(=O)[C@@H]1CN(Cc2cc(=O)oc3cc(OC)ccc23)c2ccccc2O1. The van der Waals surface area contributed by atoms with Crippen molar-refractivity contribution in [2.45, 2.75) is 26.0 Å². The minimum atomic E-state index is -0.627. The third kappa shape index (κ3) is 3.96. The van der Waals surface area contributed by atoms with E-state index >= 15 is 0 Å². The van der Waals surface area contributed by atoms with E-state index in [4.69, 9.17) is 13.9 Å². The van der Waals surface area contributed by atoms with E-state index in [0.717, 1.165) is 23.1 Å². The average molecular weight is 408 g/mol. The highest BCUT2D eigenvalue weighted by Crippen LogP contribution is 2.35. The molecule has 0 aliphatic carbocycles. The monoisotopic (exact) mass is 408 g/mol. The molecular weight excluding hydrogens is 384 g/mol. The fraction of sp³-hybridized carbons (Fsp3) is 0.304. The number of nitrogens with zero attached hydrogens (tertiary/aromatic N) is 1. The Labute approximate surface area is 174 Å². The van der Waals surface area contributed by atoms with Crippen molar-refractivity contribution >= 4 is 22.6 Å². The minimum absolute atomic E-state index is 0.140. The molecule has 0 saturated carbocycles. The van der Waals surface area contributed by atoms with E-state index in [1.54, 1.807) is 13.2 Å². The number of hydrogen-bond donors (Lipinski definition) is 1. The zero-order valence-electron chi connectivity index (χ0n) is 17.0. The molecule has 2 aromatic carbocycles. The van der Waals surface area contributed by atoms with Gasteiger partial charge < -0.3 is 24.1 Å². The van der Waals surface area contributed by atoms with Gasteiger partial charge >= 0.3 is 5.63 Å². The van der Waals surface area contributed by atoms with Crippen LogP contribution in [0.1, 0.15) is 18.9 Å². The zero-order valence-corrected chi connectivity index (χ0v) is 17.0. The fourth-order valence-corrected chi connectivity index (χ4v) is 3.63. The van der Waals surface area contributed by atoms with Gasteiger partial charge in [0.15, 0.2) is 6.10 Å². The van der Waals surface area contributed by atoms with Crippen molar-refractivity contribution < 1.29 is 18.7 Å². The van der Waals surface area contributed by atoms with E-state index in [0.29, 0.717) is 36.7 Å². The summed E-state index contributed by atoms with van der Waals surface area (Å²) in [6.07, 6.45) is 0.228. The molecule has 1 atom stereocenters. The number of anilines is 1. The number of carbonyl (C=O) groups excluding carboxylic acids is 1. The lowest BCUT2D eigenvalue weighted by molar-refractivity contribution is -0.127. The largest absolute Gasteiger partial charge is 0.497 e. The Hall–Kier alpha value is -3.48. The number of methoxy groups -OCH3 is 1. The Kier molecular flexibility index (Phi) is 5.61. The number of fused-ring (bicyclic) bond motifs is 2. The van der Waals surface area contributed by atoms with Crippen molar-refractivity contribution in [2.75, 3.05) is 25.1 Å². The summed E-state index contributed by atoms with van der Waals surface area (Å²) < 4.78 is 16.6. The molecule has 0 bridgehead atoms. The lowest BCUT2D eigenvalue weighted by atomic mass is 10.1. The number of para-hydroxylation sites is 2. The van der Waals surface area contributed by atoms with Crippen LogP contribution in [0.15, 0.2) is 57.7 Å². The van der Waals surface area contributed by atoms with E-state index in [1.165, 1.54) is 6.07 Å². The maximum absolute atomic E-state index is 12.6. The molecule has 30 heavy (non-hydrogen) atoms. The summed E-state index contributed by atoms with van der Waals surface area (Å²) in [6, 6.07) is 14.5. The number of carbonyl (C=O) groups is 1. The Morgan fingerprint density at radius 1 is 1.23 bits per heavy atom. The maximum Gasteiger partial charge on any atom is 0.336 e. The van der Waals surface area contributed by atoms with Gasteiger partial charge in [0.2, 0.25) is 0 Å². The van der Waals surface area contributed by atoms with Crippen LogP contribution in [-0.4, -0.2) is 32.2 Å². The van der Waals surface area contributed by atoms with Crippen LogP contribution in [0.4, 0.5) is 5.69 Å². The fourth-order valence-electron chi connectivity index (χ4n) is 3.63. The minimum Gasteiger partial charge on any atom is -0.497 e. The molecule has 1 N–H and O–H groups in total. The van der Waals surface area contributed by atoms with Crippen LogP contribution in [0.2, 0.25) is 0 Å². The predicted molar refractivity (Wildman–Crippen MR) is 114 cm³/mol. The Morgan fingerprint density at radius 2 is 2.07 bits per heavy atom. The van der Waals surface area contributed by atoms with Crippen LogP contribution < -0.4 is 25.3 Å². The van der Waals surface area contributed by atoms with Gasteiger partial charge in [0.25, 0.3) is 5.91 Å². The third-order valence-corrected chi connectivity index (χ3v) is 5.10. The summed E-state index contributed by atoms with van der Waals surface area (Å²) in [4.78, 5) is 26.8. The van der Waals surface area contributed by atoms with Crippen molar-refractivity contribution in [3.05, 3.63) is 64.5 Å². The van der Waals surface area contributed by atoms with Crippen molar-refractivity contribution in [3.8, 4) is 11.5 Å². The van der Waals surface area contributed by atoms with Crippen molar-refractivity contribution in [3.63, 3.8) is 0 Å². The van der Waals surface area contributed by atoms with E-state index in [1.807, 2.05) is 43.3 Å². The van der Waals surface area contributed by atoms with Gasteiger partial charge in [0.05, 0.1) is 19.3 Å². The van der Waals surface area contributed by atoms with Crippen molar-refractivity contribution in [1.29, 1.82) is 0 Å². The molecule has 1 amide bonds. The van der Waals surface area contributed by atoms with Gasteiger partial charge in [-0.25, -0.2) is 4.79 Å². The Bertz CT molecular complexity index is 1120. The molecule has 2 heterocycles. The highest BCUT2D eigenvalue weighted by molar-refractivity contribution is 5.84. The summed E-state index contributed by atoms with van der Waals surface area (Å²) in [5, 5.41) is 3.72. The van der Waals surface area contributed by atoms with Crippen molar-refractivity contribution in [1.82, 2.24) is 5.32 Å². The molecule has 7 nitrogen and oxygen atoms in total. The standard InChI is InChI=1S/C23H24N2O5/c1-3-10-24-23(27)21-14-25(18-6-4-5-7-19(18)29-21)13-15-11-22(26)30-20-12-16(28-2)8-9-17(15)20/h4-9,11-12,21H,3,10,13-14H2,1-2H3,(H,24,27)/t21-/m0/s1. The summed E-state index contributed by atoms with van der Waals surface area (Å²) in [5.74, 6) is 1.13. The summed E-state index contributed by atoms with van der Waals surface area (Å²) >= 11 is 0. The maximum atomic E-state index is 12.6. The van der Waals surface area contributed by atoms with Gasteiger partial charge in [-0.05, 0) is 36.2 Å². The smallest absolute Gasteiger partial charge is 0.336 e. The topological polar surface area (TPSA) is 81.0 Å². The van der Waals surface area contributed by atoms with Crippen LogP contribution in [0, 0.1) is 0 Å². The first-order valence-corrected chi connectivity index (χ1v) is 9.98. The Balaban J connectivity index is 1.69. The molecule has 1 aromatic heterocycles. The molecule has 156 valence electrons. The number of amides is 1. The normalized spacial score (nSPS) is 15.4. The van der Waals surface area contributed by atoms with Gasteiger partial charge in [0.1, 0.15) is 17.1 Å². The second-order valence-electron chi connectivity index (χ2n) is 7.20. The first kappa shape index (κ1) is 19.8. The predicted octanol–water partition coefficient (Wildman–Crippen LogP) is 3.10. The lowest BCUT2D eigenvalue weighted by Gasteiger charge is -2.35. The first-order chi connectivity index (χ1) is 14.6. The molecule has 0 unspecified atom stereocenters. The Morgan fingerprint density at radius 3 is 2.87 bits per heavy atom. The summed E-state index contributed by atoms with van der Waals surface area (Å²) in [7, 11) is 1.57. The highest BCUT2D eigenvalue weighted by atomic mass is 16.5. The van der Waals surface area contributed by atoms with Crippen LogP contribution in [0.25, 0.3) is 11.0 Å². The van der Waals surface area contributed by atoms with E-state index < -0.39 is 11.7 Å². The molecule has 1 aliphatic heterocycles. The van der Waals surface area contributed by atoms with E-state index in [9.17, 15) is 9.59 Å². The third-order valence-electron chi connectivity index (χ3n) is 5.10. The van der Waals surface area contributed by atoms with Gasteiger partial charge in [-0.15, -0.1) is 0 Å².